The summed E-state index contributed by atoms with van der Waals surface area (Å²) in [6.07, 6.45) is 7.27. The van der Waals surface area contributed by atoms with Crippen LogP contribution in [0.5, 0.6) is 0 Å². The number of halogens is 2. The second-order valence-electron chi connectivity index (χ2n) is 7.64. The Morgan fingerprint density at radius 1 is 1.17 bits per heavy atom. The van der Waals surface area contributed by atoms with Crippen molar-refractivity contribution >= 4 is 40.7 Å². The van der Waals surface area contributed by atoms with Gasteiger partial charge in [-0.3, -0.25) is 4.90 Å². The zero-order valence-electron chi connectivity index (χ0n) is 16.7. The molecule has 1 aromatic carbocycles. The van der Waals surface area contributed by atoms with E-state index < -0.39 is 6.23 Å². The van der Waals surface area contributed by atoms with E-state index in [0.717, 1.165) is 29.0 Å². The predicted octanol–water partition coefficient (Wildman–Crippen LogP) is 2.19. The van der Waals surface area contributed by atoms with Gasteiger partial charge in [-0.25, -0.2) is 4.79 Å². The van der Waals surface area contributed by atoms with E-state index in [1.165, 1.54) is 0 Å². The molecule has 1 atom stereocenters. The van der Waals surface area contributed by atoms with Gasteiger partial charge in [0.05, 0.1) is 15.4 Å². The minimum Gasteiger partial charge on any atom is -0.374 e. The topological polar surface area (TPSA) is 72.5 Å². The summed E-state index contributed by atoms with van der Waals surface area (Å²) >= 11 is 12.1. The molecule has 2 heterocycles. The summed E-state index contributed by atoms with van der Waals surface area (Å²) < 4.78 is 0. The molecule has 4 rings (SSSR count). The number of aromatic amines is 1. The molecule has 158 valence electrons. The van der Waals surface area contributed by atoms with Crippen molar-refractivity contribution in [1.82, 2.24) is 14.9 Å². The van der Waals surface area contributed by atoms with Crippen LogP contribution in [0, 0.1) is 0 Å². The third-order valence-electron chi connectivity index (χ3n) is 5.66. The van der Waals surface area contributed by atoms with Gasteiger partial charge in [0.1, 0.15) is 12.0 Å². The number of anilines is 1. The molecule has 1 aromatic heterocycles. The molecule has 8 heteroatoms. The molecule has 1 aliphatic carbocycles. The van der Waals surface area contributed by atoms with Crippen molar-refractivity contribution < 1.29 is 5.11 Å². The number of hydrogen-bond acceptors (Lipinski definition) is 5. The van der Waals surface area contributed by atoms with Crippen LogP contribution < -0.4 is 21.2 Å². The normalized spacial score (nSPS) is 18.4. The van der Waals surface area contributed by atoms with E-state index in [2.05, 4.69) is 27.9 Å². The average molecular weight is 447 g/mol. The van der Waals surface area contributed by atoms with E-state index in [4.69, 9.17) is 23.2 Å². The third kappa shape index (κ3) is 4.32. The maximum atomic E-state index is 12.3. The van der Waals surface area contributed by atoms with Crippen LogP contribution in [0.4, 0.5) is 5.82 Å². The lowest BCUT2D eigenvalue weighted by molar-refractivity contribution is -0.00171. The van der Waals surface area contributed by atoms with Crippen LogP contribution in [-0.2, 0) is 0 Å². The van der Waals surface area contributed by atoms with Gasteiger partial charge in [0.15, 0.2) is 0 Å². The number of rotatable bonds is 3. The zero-order chi connectivity index (χ0) is 21.3. The van der Waals surface area contributed by atoms with Gasteiger partial charge in [-0.1, -0.05) is 41.4 Å². The zero-order valence-corrected chi connectivity index (χ0v) is 18.2. The predicted molar refractivity (Wildman–Crippen MR) is 121 cm³/mol. The highest BCUT2D eigenvalue weighted by molar-refractivity contribution is 6.42. The van der Waals surface area contributed by atoms with E-state index in [9.17, 15) is 9.90 Å². The Kier molecular flexibility index (Phi) is 6.29. The molecule has 0 spiro atoms. The summed E-state index contributed by atoms with van der Waals surface area (Å²) in [5.41, 5.74) is 1.53. The fourth-order valence-electron chi connectivity index (χ4n) is 3.95. The van der Waals surface area contributed by atoms with E-state index in [-0.39, 0.29) is 5.69 Å². The van der Waals surface area contributed by atoms with Crippen LogP contribution in [0.1, 0.15) is 31.6 Å². The van der Waals surface area contributed by atoms with Crippen molar-refractivity contribution in [3.63, 3.8) is 0 Å². The van der Waals surface area contributed by atoms with Gasteiger partial charge in [-0.15, -0.1) is 0 Å². The lowest BCUT2D eigenvalue weighted by atomic mass is 10.1. The van der Waals surface area contributed by atoms with E-state index in [0.29, 0.717) is 47.6 Å². The highest BCUT2D eigenvalue weighted by Crippen LogP contribution is 2.27. The highest BCUT2D eigenvalue weighted by atomic mass is 35.5. The number of aliphatic hydroxyl groups is 1. The molecule has 1 fully saturated rings. The van der Waals surface area contributed by atoms with E-state index in [1.807, 2.05) is 17.1 Å². The first-order chi connectivity index (χ1) is 14.4. The second-order valence-corrected chi connectivity index (χ2v) is 8.45. The van der Waals surface area contributed by atoms with Crippen molar-refractivity contribution in [2.75, 3.05) is 31.1 Å². The number of benzene rings is 1. The molecular weight excluding hydrogens is 423 g/mol. The maximum absolute atomic E-state index is 12.3. The van der Waals surface area contributed by atoms with Gasteiger partial charge in [-0.05, 0) is 49.1 Å². The monoisotopic (exact) mass is 446 g/mol. The molecule has 2 N–H and O–H groups in total. The number of aromatic nitrogens is 2. The van der Waals surface area contributed by atoms with Crippen molar-refractivity contribution in [2.24, 2.45) is 0 Å². The Balaban J connectivity index is 1.59. The standard InChI is InChI=1S/C22H24Cl2N4O2/c1-14-5-3-2-4-6-16-19(14)25-22(30)26-20(16)27-9-11-28(12-10-27)21(29)15-7-8-17(23)18(24)13-15/h2,4,6-8,13,21,29H,3,5,9-12H2,1H3,(H,25,30). The fraction of sp³-hybridized carbons (Fsp3) is 0.364. The van der Waals surface area contributed by atoms with Crippen molar-refractivity contribution in [1.29, 1.82) is 0 Å². The number of piperazine rings is 1. The molecular formula is C22H24Cl2N4O2. The van der Waals surface area contributed by atoms with Gasteiger partial charge in [-0.2, -0.15) is 4.98 Å². The van der Waals surface area contributed by atoms with Gasteiger partial charge >= 0.3 is 5.69 Å². The average Bonchev–Trinajstić information content (AvgIpc) is 2.74. The lowest BCUT2D eigenvalue weighted by Gasteiger charge is -2.38. The minimum atomic E-state index is -0.764. The maximum Gasteiger partial charge on any atom is 0.347 e. The van der Waals surface area contributed by atoms with Crippen molar-refractivity contribution in [2.45, 2.75) is 26.0 Å². The van der Waals surface area contributed by atoms with E-state index >= 15 is 0 Å². The first-order valence-electron chi connectivity index (χ1n) is 10.0. The summed E-state index contributed by atoms with van der Waals surface area (Å²) in [6.45, 7) is 4.61. The molecule has 0 amide bonds. The molecule has 0 radical (unpaired) electrons. The molecule has 6 nitrogen and oxygen atoms in total. The number of hydrogen-bond donors (Lipinski definition) is 2. The first kappa shape index (κ1) is 21.1. The SMILES string of the molecule is CC1=c2[nH]c(=O)nc(N3CCN(C(O)c4ccc(Cl)c(Cl)c4)CC3)c2=CC=CCC1. The molecule has 30 heavy (non-hydrogen) atoms. The molecule has 1 aliphatic heterocycles. The van der Waals surface area contributed by atoms with Gasteiger partial charge in [0.25, 0.3) is 0 Å². The number of nitrogens with one attached hydrogen (secondary N) is 1. The fourth-order valence-corrected chi connectivity index (χ4v) is 4.26. The van der Waals surface area contributed by atoms with Crippen molar-refractivity contribution in [3.8, 4) is 0 Å². The van der Waals surface area contributed by atoms with Crippen LogP contribution in [0.25, 0.3) is 11.6 Å². The molecule has 1 saturated heterocycles. The molecule has 0 bridgehead atoms. The van der Waals surface area contributed by atoms with Crippen LogP contribution in [-0.4, -0.2) is 46.2 Å². The number of H-pyrrole nitrogens is 1. The number of nitrogens with zero attached hydrogens (tertiary/aromatic N) is 3. The summed E-state index contributed by atoms with van der Waals surface area (Å²) in [4.78, 5) is 23.6. The molecule has 1 unspecified atom stereocenters. The Morgan fingerprint density at radius 3 is 2.67 bits per heavy atom. The summed E-state index contributed by atoms with van der Waals surface area (Å²) in [5.74, 6) is 0.698. The van der Waals surface area contributed by atoms with Crippen LogP contribution >= 0.6 is 23.2 Å². The molecule has 0 saturated carbocycles. The summed E-state index contributed by atoms with van der Waals surface area (Å²) in [5, 5.41) is 13.5. The molecule has 2 aliphatic rings. The Labute approximate surface area is 184 Å². The largest absolute Gasteiger partial charge is 0.374 e. The Hall–Kier alpha value is -2.12. The lowest BCUT2D eigenvalue weighted by Crippen LogP contribution is -2.52. The molecule has 2 aromatic rings. The highest BCUT2D eigenvalue weighted by Gasteiger charge is 2.25. The van der Waals surface area contributed by atoms with Gasteiger partial charge in [0, 0.05) is 31.4 Å². The van der Waals surface area contributed by atoms with Gasteiger partial charge in [0.2, 0.25) is 0 Å². The Bertz CT molecular complexity index is 1150. The quantitative estimate of drug-likeness (QED) is 0.755. The smallest absolute Gasteiger partial charge is 0.347 e. The van der Waals surface area contributed by atoms with Crippen LogP contribution in [0.3, 0.4) is 0 Å². The second kappa shape index (κ2) is 8.94. The van der Waals surface area contributed by atoms with E-state index in [1.54, 1.807) is 18.2 Å². The van der Waals surface area contributed by atoms with Crippen LogP contribution in [0.2, 0.25) is 10.0 Å². The van der Waals surface area contributed by atoms with Crippen LogP contribution in [0.15, 0.2) is 35.1 Å². The Morgan fingerprint density at radius 2 is 1.93 bits per heavy atom. The number of allylic oxidation sites excluding steroid dienone is 2. The van der Waals surface area contributed by atoms with Crippen molar-refractivity contribution in [3.05, 3.63) is 67.0 Å². The van der Waals surface area contributed by atoms with Gasteiger partial charge < -0.3 is 15.0 Å². The number of aliphatic hydroxyl groups excluding tert-OH is 1. The summed E-state index contributed by atoms with van der Waals surface area (Å²) in [7, 11) is 0. The number of fused-ring (bicyclic) bond motifs is 1. The summed E-state index contributed by atoms with van der Waals surface area (Å²) in [6, 6.07) is 5.17. The first-order valence-corrected chi connectivity index (χ1v) is 10.8. The third-order valence-corrected chi connectivity index (χ3v) is 6.40. The minimum absolute atomic E-state index is 0.334.